The standard InChI is InChI=1S/C24H20N4O3S/c1-16(29)25-17-9-13-21(14-10-17)32-22-15-23(30)28(24(22)31)20-11-7-19(8-12-20)27-26-18-5-3-2-4-6-18/h2-14,22H,15H2,1H3,(H,25,29). The average molecular weight is 445 g/mol. The number of thioether (sulfide) groups is 1. The van der Waals surface area contributed by atoms with Crippen LogP contribution in [0, 0.1) is 0 Å². The second kappa shape index (κ2) is 9.57. The Hall–Kier alpha value is -3.78. The number of nitrogens with zero attached hydrogens (tertiary/aromatic N) is 3. The van der Waals surface area contributed by atoms with Crippen LogP contribution in [0.1, 0.15) is 13.3 Å². The Morgan fingerprint density at radius 2 is 1.53 bits per heavy atom. The van der Waals surface area contributed by atoms with Crippen LogP contribution in [0.3, 0.4) is 0 Å². The van der Waals surface area contributed by atoms with Crippen molar-refractivity contribution in [2.75, 3.05) is 10.2 Å². The quantitative estimate of drug-likeness (QED) is 0.402. The molecular weight excluding hydrogens is 424 g/mol. The van der Waals surface area contributed by atoms with Crippen molar-refractivity contribution in [2.24, 2.45) is 10.2 Å². The summed E-state index contributed by atoms with van der Waals surface area (Å²) in [5.41, 5.74) is 2.57. The van der Waals surface area contributed by atoms with Gasteiger partial charge in [0, 0.05) is 23.9 Å². The highest BCUT2D eigenvalue weighted by molar-refractivity contribution is 8.00. The molecule has 0 spiro atoms. The summed E-state index contributed by atoms with van der Waals surface area (Å²) in [6.07, 6.45) is 0.131. The van der Waals surface area contributed by atoms with Gasteiger partial charge in [-0.2, -0.15) is 10.2 Å². The average Bonchev–Trinajstić information content (AvgIpc) is 3.07. The normalized spacial score (nSPS) is 16.0. The van der Waals surface area contributed by atoms with Crippen LogP contribution < -0.4 is 10.2 Å². The zero-order valence-electron chi connectivity index (χ0n) is 17.3. The molecule has 0 saturated carbocycles. The van der Waals surface area contributed by atoms with Gasteiger partial charge in [-0.1, -0.05) is 18.2 Å². The molecule has 1 unspecified atom stereocenters. The monoisotopic (exact) mass is 444 g/mol. The van der Waals surface area contributed by atoms with Gasteiger partial charge in [-0.3, -0.25) is 14.4 Å². The summed E-state index contributed by atoms with van der Waals surface area (Å²) in [6.45, 7) is 1.44. The summed E-state index contributed by atoms with van der Waals surface area (Å²) >= 11 is 1.34. The van der Waals surface area contributed by atoms with Crippen LogP contribution in [0.4, 0.5) is 22.7 Å². The minimum absolute atomic E-state index is 0.131. The Morgan fingerprint density at radius 1 is 0.906 bits per heavy atom. The van der Waals surface area contributed by atoms with E-state index in [0.29, 0.717) is 17.1 Å². The smallest absolute Gasteiger partial charge is 0.247 e. The number of hydrogen-bond acceptors (Lipinski definition) is 6. The summed E-state index contributed by atoms with van der Waals surface area (Å²) in [5.74, 6) is -0.629. The Bertz CT molecular complexity index is 1160. The van der Waals surface area contributed by atoms with Gasteiger partial charge >= 0.3 is 0 Å². The molecule has 4 rings (SSSR count). The van der Waals surface area contributed by atoms with Crippen molar-refractivity contribution in [2.45, 2.75) is 23.5 Å². The molecule has 1 aliphatic rings. The van der Waals surface area contributed by atoms with E-state index in [1.807, 2.05) is 42.5 Å². The maximum absolute atomic E-state index is 12.9. The largest absolute Gasteiger partial charge is 0.326 e. The number of nitrogens with one attached hydrogen (secondary N) is 1. The zero-order valence-corrected chi connectivity index (χ0v) is 18.1. The number of azo groups is 1. The fourth-order valence-corrected chi connectivity index (χ4v) is 4.28. The van der Waals surface area contributed by atoms with Gasteiger partial charge in [0.25, 0.3) is 0 Å². The summed E-state index contributed by atoms with van der Waals surface area (Å²) in [4.78, 5) is 38.7. The second-order valence-corrected chi connectivity index (χ2v) is 8.41. The van der Waals surface area contributed by atoms with Crippen molar-refractivity contribution in [1.82, 2.24) is 0 Å². The number of benzene rings is 3. The number of hydrogen-bond donors (Lipinski definition) is 1. The van der Waals surface area contributed by atoms with E-state index >= 15 is 0 Å². The zero-order chi connectivity index (χ0) is 22.5. The van der Waals surface area contributed by atoms with E-state index < -0.39 is 5.25 Å². The number of anilines is 2. The van der Waals surface area contributed by atoms with Crippen molar-refractivity contribution in [1.29, 1.82) is 0 Å². The summed E-state index contributed by atoms with van der Waals surface area (Å²) in [5, 5.41) is 10.6. The molecule has 1 aliphatic heterocycles. The van der Waals surface area contributed by atoms with Crippen molar-refractivity contribution < 1.29 is 14.4 Å². The lowest BCUT2D eigenvalue weighted by Crippen LogP contribution is -2.30. The first-order valence-corrected chi connectivity index (χ1v) is 10.9. The Balaban J connectivity index is 1.42. The lowest BCUT2D eigenvalue weighted by molar-refractivity contribution is -0.121. The van der Waals surface area contributed by atoms with Crippen molar-refractivity contribution in [3.05, 3.63) is 78.9 Å². The summed E-state index contributed by atoms with van der Waals surface area (Å²) < 4.78 is 0. The molecule has 32 heavy (non-hydrogen) atoms. The summed E-state index contributed by atoms with van der Waals surface area (Å²) in [6, 6.07) is 23.4. The Kier molecular flexibility index (Phi) is 6.42. The third-order valence-electron chi connectivity index (χ3n) is 4.70. The predicted molar refractivity (Wildman–Crippen MR) is 125 cm³/mol. The van der Waals surface area contributed by atoms with Crippen molar-refractivity contribution in [3.8, 4) is 0 Å². The van der Waals surface area contributed by atoms with Gasteiger partial charge in [-0.15, -0.1) is 11.8 Å². The molecule has 7 nitrogen and oxygen atoms in total. The van der Waals surface area contributed by atoms with E-state index in [1.165, 1.54) is 23.6 Å². The van der Waals surface area contributed by atoms with Crippen LogP contribution >= 0.6 is 11.8 Å². The molecule has 0 aromatic heterocycles. The highest BCUT2D eigenvalue weighted by Crippen LogP contribution is 2.35. The molecule has 0 aliphatic carbocycles. The molecule has 3 aromatic carbocycles. The highest BCUT2D eigenvalue weighted by atomic mass is 32.2. The van der Waals surface area contributed by atoms with Gasteiger partial charge in [0.2, 0.25) is 17.7 Å². The van der Waals surface area contributed by atoms with E-state index in [-0.39, 0.29) is 24.1 Å². The lowest BCUT2D eigenvalue weighted by Gasteiger charge is -2.15. The maximum atomic E-state index is 12.9. The number of imide groups is 1. The number of amides is 3. The van der Waals surface area contributed by atoms with Crippen LogP contribution in [0.5, 0.6) is 0 Å². The first-order valence-electron chi connectivity index (χ1n) is 9.97. The molecule has 1 atom stereocenters. The van der Waals surface area contributed by atoms with Crippen LogP contribution in [0.15, 0.2) is 94.0 Å². The Morgan fingerprint density at radius 3 is 2.16 bits per heavy atom. The van der Waals surface area contributed by atoms with Gasteiger partial charge in [-0.05, 0) is 60.7 Å². The van der Waals surface area contributed by atoms with Gasteiger partial charge in [0.1, 0.15) is 0 Å². The SMILES string of the molecule is CC(=O)Nc1ccc(SC2CC(=O)N(c3ccc(N=Nc4ccccc4)cc3)C2=O)cc1. The first-order chi connectivity index (χ1) is 15.5. The molecule has 0 radical (unpaired) electrons. The van der Waals surface area contributed by atoms with Crippen LogP contribution in [0.2, 0.25) is 0 Å². The fraction of sp³-hybridized carbons (Fsp3) is 0.125. The molecule has 3 amide bonds. The predicted octanol–water partition coefficient (Wildman–Crippen LogP) is 5.48. The van der Waals surface area contributed by atoms with Gasteiger partial charge < -0.3 is 5.32 Å². The van der Waals surface area contributed by atoms with Crippen LogP contribution in [-0.2, 0) is 14.4 Å². The van der Waals surface area contributed by atoms with E-state index in [4.69, 9.17) is 0 Å². The molecule has 160 valence electrons. The first kappa shape index (κ1) is 21.5. The number of rotatable bonds is 6. The van der Waals surface area contributed by atoms with E-state index in [2.05, 4.69) is 15.5 Å². The van der Waals surface area contributed by atoms with E-state index in [0.717, 1.165) is 10.6 Å². The maximum Gasteiger partial charge on any atom is 0.247 e. The molecule has 3 aromatic rings. The second-order valence-electron chi connectivity index (χ2n) is 7.14. The molecule has 0 bridgehead atoms. The van der Waals surface area contributed by atoms with Gasteiger partial charge in [0.05, 0.1) is 22.3 Å². The molecule has 1 fully saturated rings. The third kappa shape index (κ3) is 5.09. The molecule has 1 heterocycles. The van der Waals surface area contributed by atoms with Crippen molar-refractivity contribution >= 4 is 52.2 Å². The van der Waals surface area contributed by atoms with Crippen molar-refractivity contribution in [3.63, 3.8) is 0 Å². The van der Waals surface area contributed by atoms with Crippen LogP contribution in [-0.4, -0.2) is 23.0 Å². The highest BCUT2D eigenvalue weighted by Gasteiger charge is 2.40. The fourth-order valence-electron chi connectivity index (χ4n) is 3.23. The minimum Gasteiger partial charge on any atom is -0.326 e. The minimum atomic E-state index is -0.494. The molecule has 8 heteroatoms. The van der Waals surface area contributed by atoms with E-state index in [1.54, 1.807) is 36.4 Å². The van der Waals surface area contributed by atoms with E-state index in [9.17, 15) is 14.4 Å². The Labute approximate surface area is 189 Å². The molecule has 1 saturated heterocycles. The number of carbonyl (C=O) groups is 3. The topological polar surface area (TPSA) is 91.2 Å². The lowest BCUT2D eigenvalue weighted by atomic mass is 10.2. The molecule has 1 N–H and O–H groups in total. The third-order valence-corrected chi connectivity index (χ3v) is 5.90. The van der Waals surface area contributed by atoms with Gasteiger partial charge in [-0.25, -0.2) is 4.90 Å². The summed E-state index contributed by atoms with van der Waals surface area (Å²) in [7, 11) is 0. The van der Waals surface area contributed by atoms with Gasteiger partial charge in [0.15, 0.2) is 0 Å². The molecular formula is C24H20N4O3S. The number of carbonyl (C=O) groups excluding carboxylic acids is 3. The van der Waals surface area contributed by atoms with Crippen LogP contribution in [0.25, 0.3) is 0 Å².